The zero-order valence-electron chi connectivity index (χ0n) is 16.9. The highest BCUT2D eigenvalue weighted by atomic mass is 127. The quantitative estimate of drug-likeness (QED) is 0.214. The van der Waals surface area contributed by atoms with E-state index in [1.54, 1.807) is 0 Å². The van der Waals surface area contributed by atoms with Crippen LogP contribution in [0.4, 0.5) is 0 Å². The molecule has 28 heavy (non-hydrogen) atoms. The number of aromatic nitrogens is 1. The summed E-state index contributed by atoms with van der Waals surface area (Å²) in [6.45, 7) is 8.03. The molecule has 2 aromatic rings. The van der Waals surface area contributed by atoms with Crippen molar-refractivity contribution in [2.45, 2.75) is 45.3 Å². The lowest BCUT2D eigenvalue weighted by Gasteiger charge is -2.19. The van der Waals surface area contributed by atoms with Crippen molar-refractivity contribution in [2.75, 3.05) is 32.9 Å². The fourth-order valence-electron chi connectivity index (χ4n) is 3.32. The van der Waals surface area contributed by atoms with Gasteiger partial charge in [0.2, 0.25) is 0 Å². The predicted octanol–water partition coefficient (Wildman–Crippen LogP) is 3.47. The Hall–Kier alpha value is -1.32. The van der Waals surface area contributed by atoms with Crippen LogP contribution in [0.5, 0.6) is 0 Å². The van der Waals surface area contributed by atoms with E-state index in [1.807, 2.05) is 0 Å². The molecule has 0 saturated carbocycles. The smallest absolute Gasteiger partial charge is 0.191 e. The molecule has 3 N–H and O–H groups in total. The summed E-state index contributed by atoms with van der Waals surface area (Å²) in [4.78, 5) is 8.05. The van der Waals surface area contributed by atoms with Gasteiger partial charge in [-0.3, -0.25) is 4.99 Å². The van der Waals surface area contributed by atoms with Gasteiger partial charge >= 0.3 is 0 Å². The topological polar surface area (TPSA) is 70.7 Å². The molecule has 1 saturated heterocycles. The number of nitrogens with one attached hydrogen (secondary N) is 3. The molecule has 2 heterocycles. The first kappa shape index (κ1) is 23.0. The van der Waals surface area contributed by atoms with Crippen LogP contribution in [0.2, 0.25) is 0 Å². The highest BCUT2D eigenvalue weighted by Crippen LogP contribution is 2.18. The monoisotopic (exact) mass is 500 g/mol. The van der Waals surface area contributed by atoms with Crippen LogP contribution in [-0.2, 0) is 15.9 Å². The second-order valence-electron chi connectivity index (χ2n) is 7.09. The Balaban J connectivity index is 0.00000280. The summed E-state index contributed by atoms with van der Waals surface area (Å²) in [5.74, 6) is 0.857. The summed E-state index contributed by atoms with van der Waals surface area (Å²) in [7, 11) is 0. The van der Waals surface area contributed by atoms with Crippen LogP contribution < -0.4 is 10.6 Å². The third-order valence-electron chi connectivity index (χ3n) is 4.75. The first-order valence-corrected chi connectivity index (χ1v) is 10.1. The number of aliphatic imine (C=N–C) groups is 1. The summed E-state index contributed by atoms with van der Waals surface area (Å²) in [5, 5.41) is 8.06. The Kier molecular flexibility index (Phi) is 10.1. The van der Waals surface area contributed by atoms with Crippen LogP contribution in [0.3, 0.4) is 0 Å². The van der Waals surface area contributed by atoms with Crippen molar-refractivity contribution in [3.05, 3.63) is 36.0 Å². The van der Waals surface area contributed by atoms with Gasteiger partial charge < -0.3 is 25.1 Å². The van der Waals surface area contributed by atoms with E-state index in [0.29, 0.717) is 13.2 Å². The molecule has 1 aliphatic heterocycles. The maximum Gasteiger partial charge on any atom is 0.191 e. The van der Waals surface area contributed by atoms with Gasteiger partial charge in [0.25, 0.3) is 0 Å². The SMILES string of the molecule is CCNC(=NCCCc1c[nH]c2ccccc12)NC(C)COC1CCOC1.I. The first-order valence-electron chi connectivity index (χ1n) is 10.1. The van der Waals surface area contributed by atoms with Crippen LogP contribution in [0.15, 0.2) is 35.5 Å². The molecule has 1 aromatic heterocycles. The van der Waals surface area contributed by atoms with Crippen molar-refractivity contribution >= 4 is 40.8 Å². The maximum absolute atomic E-state index is 5.89. The molecule has 0 aliphatic carbocycles. The van der Waals surface area contributed by atoms with Gasteiger partial charge in [0.15, 0.2) is 5.96 Å². The lowest BCUT2D eigenvalue weighted by molar-refractivity contribution is 0.0347. The van der Waals surface area contributed by atoms with Gasteiger partial charge in [-0.2, -0.15) is 0 Å². The number of benzene rings is 1. The maximum atomic E-state index is 5.89. The van der Waals surface area contributed by atoms with Crippen LogP contribution >= 0.6 is 24.0 Å². The molecule has 1 aliphatic rings. The van der Waals surface area contributed by atoms with E-state index in [1.165, 1.54) is 16.5 Å². The lowest BCUT2D eigenvalue weighted by Crippen LogP contribution is -2.44. The molecule has 0 spiro atoms. The summed E-state index contributed by atoms with van der Waals surface area (Å²) >= 11 is 0. The fraction of sp³-hybridized carbons (Fsp3) is 0.571. The summed E-state index contributed by atoms with van der Waals surface area (Å²) in [6.07, 6.45) is 5.39. The molecule has 0 amide bonds. The average molecular weight is 500 g/mol. The van der Waals surface area contributed by atoms with Crippen LogP contribution in [0, 0.1) is 0 Å². The molecule has 0 bridgehead atoms. The number of H-pyrrole nitrogens is 1. The van der Waals surface area contributed by atoms with E-state index in [4.69, 9.17) is 14.5 Å². The molecule has 6 nitrogen and oxygen atoms in total. The Morgan fingerprint density at radius 2 is 2.25 bits per heavy atom. The van der Waals surface area contributed by atoms with Gasteiger partial charge in [-0.05, 0) is 44.7 Å². The van der Waals surface area contributed by atoms with E-state index < -0.39 is 0 Å². The second-order valence-corrected chi connectivity index (χ2v) is 7.09. The number of halogens is 1. The van der Waals surface area contributed by atoms with Crippen LogP contribution in [-0.4, -0.2) is 56.0 Å². The second kappa shape index (κ2) is 12.3. The highest BCUT2D eigenvalue weighted by molar-refractivity contribution is 14.0. The van der Waals surface area contributed by atoms with Gasteiger partial charge in [-0.15, -0.1) is 24.0 Å². The number of ether oxygens (including phenoxy) is 2. The minimum Gasteiger partial charge on any atom is -0.379 e. The Labute approximate surface area is 184 Å². The molecule has 7 heteroatoms. The number of aryl methyl sites for hydroxylation is 1. The van der Waals surface area contributed by atoms with Crippen molar-refractivity contribution in [3.63, 3.8) is 0 Å². The molecule has 1 aromatic carbocycles. The number of fused-ring (bicyclic) bond motifs is 1. The van der Waals surface area contributed by atoms with E-state index in [0.717, 1.165) is 44.9 Å². The number of hydrogen-bond acceptors (Lipinski definition) is 3. The standard InChI is InChI=1S/C21H32N4O2.HI/c1-3-22-21(25-16(2)14-27-18-10-12-26-15-18)23-11-6-7-17-13-24-20-9-5-4-8-19(17)20;/h4-5,8-9,13,16,18,24H,3,6-7,10-12,14-15H2,1-2H3,(H2,22,23,25);1H. The summed E-state index contributed by atoms with van der Waals surface area (Å²) in [5.41, 5.74) is 2.56. The van der Waals surface area contributed by atoms with E-state index in [9.17, 15) is 0 Å². The molecule has 156 valence electrons. The zero-order chi connectivity index (χ0) is 18.9. The number of guanidine groups is 1. The highest BCUT2D eigenvalue weighted by Gasteiger charge is 2.17. The Morgan fingerprint density at radius 3 is 3.04 bits per heavy atom. The largest absolute Gasteiger partial charge is 0.379 e. The molecular formula is C21H33IN4O2. The molecule has 0 radical (unpaired) electrons. The van der Waals surface area contributed by atoms with Gasteiger partial charge in [-0.1, -0.05) is 18.2 Å². The van der Waals surface area contributed by atoms with E-state index in [-0.39, 0.29) is 36.1 Å². The third kappa shape index (κ3) is 6.93. The number of rotatable bonds is 9. The Bertz CT molecular complexity index is 728. The number of aromatic amines is 1. The number of nitrogens with zero attached hydrogens (tertiary/aromatic N) is 1. The third-order valence-corrected chi connectivity index (χ3v) is 4.75. The van der Waals surface area contributed by atoms with Crippen molar-refractivity contribution in [1.29, 1.82) is 0 Å². The fourth-order valence-corrected chi connectivity index (χ4v) is 3.32. The molecular weight excluding hydrogens is 467 g/mol. The molecule has 2 atom stereocenters. The van der Waals surface area contributed by atoms with Crippen LogP contribution in [0.1, 0.15) is 32.3 Å². The minimum atomic E-state index is 0. The van der Waals surface area contributed by atoms with Gasteiger partial charge in [-0.25, -0.2) is 0 Å². The van der Waals surface area contributed by atoms with Crippen molar-refractivity contribution in [1.82, 2.24) is 15.6 Å². The number of para-hydroxylation sites is 1. The average Bonchev–Trinajstić information content (AvgIpc) is 3.34. The zero-order valence-corrected chi connectivity index (χ0v) is 19.2. The Morgan fingerprint density at radius 1 is 1.39 bits per heavy atom. The number of hydrogen-bond donors (Lipinski definition) is 3. The van der Waals surface area contributed by atoms with Gasteiger partial charge in [0.05, 0.1) is 19.3 Å². The predicted molar refractivity (Wildman–Crippen MR) is 126 cm³/mol. The molecule has 1 fully saturated rings. The van der Waals surface area contributed by atoms with Crippen molar-refractivity contribution < 1.29 is 9.47 Å². The van der Waals surface area contributed by atoms with Crippen LogP contribution in [0.25, 0.3) is 10.9 Å². The first-order chi connectivity index (χ1) is 13.3. The molecule has 3 rings (SSSR count). The lowest BCUT2D eigenvalue weighted by atomic mass is 10.1. The summed E-state index contributed by atoms with van der Waals surface area (Å²) < 4.78 is 11.2. The molecule has 2 unspecified atom stereocenters. The van der Waals surface area contributed by atoms with E-state index in [2.05, 4.69) is 59.9 Å². The minimum absolute atomic E-state index is 0. The van der Waals surface area contributed by atoms with Gasteiger partial charge in [0, 0.05) is 42.8 Å². The van der Waals surface area contributed by atoms with Crippen molar-refractivity contribution in [2.24, 2.45) is 4.99 Å². The van der Waals surface area contributed by atoms with Crippen molar-refractivity contribution in [3.8, 4) is 0 Å². The normalized spacial score (nSPS) is 18.1. The van der Waals surface area contributed by atoms with E-state index >= 15 is 0 Å². The summed E-state index contributed by atoms with van der Waals surface area (Å²) in [6, 6.07) is 8.65. The van der Waals surface area contributed by atoms with Gasteiger partial charge in [0.1, 0.15) is 0 Å².